The Morgan fingerprint density at radius 2 is 1.72 bits per heavy atom. The molecule has 0 saturated heterocycles. The van der Waals surface area contributed by atoms with Crippen molar-refractivity contribution in [3.05, 3.63) is 59.5 Å². The lowest BCUT2D eigenvalue weighted by molar-refractivity contribution is -0.137. The Labute approximate surface area is 207 Å². The maximum Gasteiger partial charge on any atom is 0.416 e. The standard InChI is InChI=1S/C26H28F3N3O4/c1-34-21-13-10-18(16-22(21)35-2)24-30-23(36-31-24)14-15-32(20-6-4-3-5-7-20)25(33)17-8-11-19(12-9-17)26(27,28)29/h8-13,16,20H,3-7,14-15H2,1-2H3. The maximum absolute atomic E-state index is 13.3. The van der Waals surface area contributed by atoms with Gasteiger partial charge >= 0.3 is 6.18 Å². The lowest BCUT2D eigenvalue weighted by Gasteiger charge is -2.34. The van der Waals surface area contributed by atoms with Crippen LogP contribution in [-0.4, -0.2) is 47.8 Å². The number of rotatable bonds is 8. The van der Waals surface area contributed by atoms with Crippen molar-refractivity contribution < 1.29 is 32.0 Å². The van der Waals surface area contributed by atoms with Crippen molar-refractivity contribution in [2.75, 3.05) is 20.8 Å². The first kappa shape index (κ1) is 25.5. The van der Waals surface area contributed by atoms with Crippen molar-refractivity contribution >= 4 is 5.91 Å². The van der Waals surface area contributed by atoms with Gasteiger partial charge in [-0.15, -0.1) is 0 Å². The van der Waals surface area contributed by atoms with Crippen LogP contribution >= 0.6 is 0 Å². The first-order valence-corrected chi connectivity index (χ1v) is 11.8. The second-order valence-corrected chi connectivity index (χ2v) is 8.70. The molecule has 7 nitrogen and oxygen atoms in total. The van der Waals surface area contributed by atoms with E-state index in [1.54, 1.807) is 30.2 Å². The largest absolute Gasteiger partial charge is 0.493 e. The molecule has 1 saturated carbocycles. The van der Waals surface area contributed by atoms with Crippen molar-refractivity contribution in [2.24, 2.45) is 0 Å². The summed E-state index contributed by atoms with van der Waals surface area (Å²) in [6.07, 6.45) is 0.700. The Hall–Kier alpha value is -3.56. The topological polar surface area (TPSA) is 77.7 Å². The van der Waals surface area contributed by atoms with E-state index >= 15 is 0 Å². The molecule has 0 spiro atoms. The minimum absolute atomic E-state index is 0.0155. The predicted octanol–water partition coefficient (Wildman–Crippen LogP) is 5.79. The molecule has 36 heavy (non-hydrogen) atoms. The van der Waals surface area contributed by atoms with Crippen molar-refractivity contribution in [3.8, 4) is 22.9 Å². The van der Waals surface area contributed by atoms with Gasteiger partial charge in [-0.25, -0.2) is 0 Å². The molecule has 10 heteroatoms. The molecule has 192 valence electrons. The Kier molecular flexibility index (Phi) is 7.81. The zero-order chi connectivity index (χ0) is 25.7. The van der Waals surface area contributed by atoms with Gasteiger partial charge in [0, 0.05) is 30.1 Å². The first-order valence-electron chi connectivity index (χ1n) is 11.8. The van der Waals surface area contributed by atoms with Crippen LogP contribution in [0.15, 0.2) is 47.0 Å². The molecule has 1 aliphatic rings. The molecule has 4 rings (SSSR count). The second kappa shape index (κ2) is 11.0. The number of hydrogen-bond donors (Lipinski definition) is 0. The number of methoxy groups -OCH3 is 2. The maximum atomic E-state index is 13.3. The molecule has 1 amide bonds. The van der Waals surface area contributed by atoms with E-state index < -0.39 is 11.7 Å². The smallest absolute Gasteiger partial charge is 0.416 e. The average Bonchev–Trinajstić information content (AvgIpc) is 3.37. The fourth-order valence-electron chi connectivity index (χ4n) is 4.48. The van der Waals surface area contributed by atoms with E-state index in [0.717, 1.165) is 44.2 Å². The quantitative estimate of drug-likeness (QED) is 0.387. The Balaban J connectivity index is 1.50. The van der Waals surface area contributed by atoms with Crippen LogP contribution in [0.4, 0.5) is 13.2 Å². The normalized spacial score (nSPS) is 14.5. The molecule has 1 fully saturated rings. The van der Waals surface area contributed by atoms with E-state index in [2.05, 4.69) is 10.1 Å². The third-order valence-corrected chi connectivity index (χ3v) is 6.41. The van der Waals surface area contributed by atoms with Crippen molar-refractivity contribution in [2.45, 2.75) is 50.7 Å². The number of alkyl halides is 3. The Morgan fingerprint density at radius 3 is 2.36 bits per heavy atom. The van der Waals surface area contributed by atoms with Crippen LogP contribution in [0, 0.1) is 0 Å². The molecule has 0 aliphatic heterocycles. The van der Waals surface area contributed by atoms with Gasteiger partial charge in [0.05, 0.1) is 19.8 Å². The summed E-state index contributed by atoms with van der Waals surface area (Å²) in [5.74, 6) is 1.56. The van der Waals surface area contributed by atoms with E-state index in [-0.39, 0.29) is 17.5 Å². The number of benzene rings is 2. The van der Waals surface area contributed by atoms with Crippen LogP contribution in [0.1, 0.15) is 53.9 Å². The Bertz CT molecular complexity index is 1170. The average molecular weight is 504 g/mol. The summed E-state index contributed by atoms with van der Waals surface area (Å²) in [4.78, 5) is 19.5. The highest BCUT2D eigenvalue weighted by Gasteiger charge is 2.31. The van der Waals surface area contributed by atoms with Gasteiger partial charge in [-0.1, -0.05) is 24.4 Å². The molecular weight excluding hydrogens is 475 g/mol. The summed E-state index contributed by atoms with van der Waals surface area (Å²) in [5, 5.41) is 4.05. The van der Waals surface area contributed by atoms with Gasteiger partial charge in [-0.3, -0.25) is 4.79 Å². The SMILES string of the molecule is COc1ccc(-c2noc(CCN(C(=O)c3ccc(C(F)(F)F)cc3)C3CCCCC3)n2)cc1OC. The highest BCUT2D eigenvalue weighted by Crippen LogP contribution is 2.32. The number of aromatic nitrogens is 2. The molecule has 0 bridgehead atoms. The van der Waals surface area contributed by atoms with Gasteiger partial charge in [-0.2, -0.15) is 18.2 Å². The summed E-state index contributed by atoms with van der Waals surface area (Å²) in [6.45, 7) is 0.318. The monoisotopic (exact) mass is 503 g/mol. The molecule has 3 aromatic rings. The molecule has 0 N–H and O–H groups in total. The van der Waals surface area contributed by atoms with Crippen LogP contribution in [0.3, 0.4) is 0 Å². The highest BCUT2D eigenvalue weighted by atomic mass is 19.4. The number of nitrogens with zero attached hydrogens (tertiary/aromatic N) is 3. The van der Waals surface area contributed by atoms with Gasteiger partial charge < -0.3 is 18.9 Å². The first-order chi connectivity index (χ1) is 17.3. The zero-order valence-electron chi connectivity index (χ0n) is 20.2. The lowest BCUT2D eigenvalue weighted by Crippen LogP contribution is -2.42. The van der Waals surface area contributed by atoms with Crippen LogP contribution in [0.25, 0.3) is 11.4 Å². The van der Waals surface area contributed by atoms with Crippen molar-refractivity contribution in [3.63, 3.8) is 0 Å². The molecular formula is C26H28F3N3O4. The Morgan fingerprint density at radius 1 is 1.03 bits per heavy atom. The van der Waals surface area contributed by atoms with E-state index in [1.165, 1.54) is 19.2 Å². The van der Waals surface area contributed by atoms with Crippen LogP contribution in [0.5, 0.6) is 11.5 Å². The minimum atomic E-state index is -4.45. The summed E-state index contributed by atoms with van der Waals surface area (Å²) in [7, 11) is 3.09. The number of carbonyl (C=O) groups excluding carboxylic acids is 1. The number of halogens is 3. The summed E-state index contributed by atoms with van der Waals surface area (Å²) in [5.41, 5.74) is 0.134. The third-order valence-electron chi connectivity index (χ3n) is 6.41. The van der Waals surface area contributed by atoms with Crippen LogP contribution in [-0.2, 0) is 12.6 Å². The van der Waals surface area contributed by atoms with Crippen molar-refractivity contribution in [1.82, 2.24) is 15.0 Å². The highest BCUT2D eigenvalue weighted by molar-refractivity contribution is 5.94. The van der Waals surface area contributed by atoms with E-state index in [1.807, 2.05) is 0 Å². The molecule has 0 atom stereocenters. The van der Waals surface area contributed by atoms with Crippen LogP contribution in [0.2, 0.25) is 0 Å². The lowest BCUT2D eigenvalue weighted by atomic mass is 9.93. The van der Waals surface area contributed by atoms with Gasteiger partial charge in [0.2, 0.25) is 11.7 Å². The molecule has 1 aromatic heterocycles. The summed E-state index contributed by atoms with van der Waals surface area (Å²) in [6, 6.07) is 9.67. The number of ether oxygens (including phenoxy) is 2. The zero-order valence-corrected chi connectivity index (χ0v) is 20.2. The van der Waals surface area contributed by atoms with Gasteiger partial charge in [0.1, 0.15) is 0 Å². The molecule has 1 heterocycles. The molecule has 0 unspecified atom stereocenters. The molecule has 1 aliphatic carbocycles. The number of amides is 1. The molecule has 0 radical (unpaired) electrons. The van der Waals surface area contributed by atoms with Gasteiger partial charge in [0.15, 0.2) is 11.5 Å². The number of hydrogen-bond acceptors (Lipinski definition) is 6. The fraction of sp³-hybridized carbons (Fsp3) is 0.423. The van der Waals surface area contributed by atoms with Gasteiger partial charge in [0.25, 0.3) is 5.91 Å². The van der Waals surface area contributed by atoms with E-state index in [9.17, 15) is 18.0 Å². The van der Waals surface area contributed by atoms with Crippen molar-refractivity contribution in [1.29, 1.82) is 0 Å². The summed E-state index contributed by atoms with van der Waals surface area (Å²) < 4.78 is 54.9. The predicted molar refractivity (Wildman–Crippen MR) is 126 cm³/mol. The van der Waals surface area contributed by atoms with Crippen LogP contribution < -0.4 is 9.47 Å². The number of carbonyl (C=O) groups is 1. The second-order valence-electron chi connectivity index (χ2n) is 8.70. The fourth-order valence-corrected chi connectivity index (χ4v) is 4.48. The molecule has 2 aromatic carbocycles. The van der Waals surface area contributed by atoms with E-state index in [4.69, 9.17) is 14.0 Å². The third kappa shape index (κ3) is 5.80. The van der Waals surface area contributed by atoms with E-state index in [0.29, 0.717) is 41.7 Å². The minimum Gasteiger partial charge on any atom is -0.493 e. The van der Waals surface area contributed by atoms with Gasteiger partial charge in [-0.05, 0) is 55.3 Å². The summed E-state index contributed by atoms with van der Waals surface area (Å²) >= 11 is 0.